The van der Waals surface area contributed by atoms with E-state index in [1.54, 1.807) is 18.2 Å². The molecule has 2 aliphatic rings. The molecule has 0 radical (unpaired) electrons. The highest BCUT2D eigenvalue weighted by atomic mass is 32.2. The topological polar surface area (TPSA) is 128 Å². The van der Waals surface area contributed by atoms with Crippen LogP contribution >= 0.6 is 24.0 Å². The minimum absolute atomic E-state index is 0.0440. The molecule has 2 fully saturated rings. The Hall–Kier alpha value is -3.37. The first kappa shape index (κ1) is 27.2. The van der Waals surface area contributed by atoms with Crippen LogP contribution in [0.4, 0.5) is 20.7 Å². The average molecular weight is 580 g/mol. The van der Waals surface area contributed by atoms with E-state index in [1.165, 1.54) is 23.4 Å². The number of aromatic nitrogens is 5. The van der Waals surface area contributed by atoms with Crippen LogP contribution in [-0.4, -0.2) is 105 Å². The Morgan fingerprint density at radius 3 is 2.31 bits per heavy atom. The molecule has 0 unspecified atom stereocenters. The third-order valence-electron chi connectivity index (χ3n) is 6.34. The van der Waals surface area contributed by atoms with E-state index in [2.05, 4.69) is 15.0 Å². The van der Waals surface area contributed by atoms with Crippen LogP contribution in [0, 0.1) is 0 Å². The summed E-state index contributed by atoms with van der Waals surface area (Å²) in [5.74, 6) is 0.359. The molecule has 16 heteroatoms. The van der Waals surface area contributed by atoms with Crippen molar-refractivity contribution in [3.05, 3.63) is 24.0 Å². The van der Waals surface area contributed by atoms with Gasteiger partial charge in [-0.05, 0) is 12.1 Å². The van der Waals surface area contributed by atoms with E-state index < -0.39 is 18.2 Å². The average Bonchev–Trinajstić information content (AvgIpc) is 3.36. The quantitative estimate of drug-likeness (QED) is 0.409. The molecular weight excluding hydrogens is 552 g/mol. The summed E-state index contributed by atoms with van der Waals surface area (Å²) in [5.41, 5.74) is 5.93. The molecule has 2 saturated heterocycles. The van der Waals surface area contributed by atoms with Crippen molar-refractivity contribution in [2.45, 2.75) is 6.43 Å². The second-order valence-electron chi connectivity index (χ2n) is 8.76. The summed E-state index contributed by atoms with van der Waals surface area (Å²) in [5, 5.41) is 0. The smallest absolute Gasteiger partial charge is 0.296 e. The highest BCUT2D eigenvalue weighted by molar-refractivity contribution is 8.23. The third-order valence-corrected chi connectivity index (χ3v) is 7.89. The summed E-state index contributed by atoms with van der Waals surface area (Å²) in [6.45, 7) is 4.33. The number of para-hydroxylation sites is 1. The van der Waals surface area contributed by atoms with Crippen molar-refractivity contribution in [1.82, 2.24) is 29.4 Å². The van der Waals surface area contributed by atoms with Gasteiger partial charge in [0.2, 0.25) is 23.8 Å². The van der Waals surface area contributed by atoms with Crippen LogP contribution in [0.15, 0.2) is 18.2 Å². The number of methoxy groups -OCH3 is 1. The van der Waals surface area contributed by atoms with Gasteiger partial charge in [-0.2, -0.15) is 15.0 Å². The molecule has 0 aliphatic carbocycles. The first-order valence-electron chi connectivity index (χ1n) is 12.2. The van der Waals surface area contributed by atoms with Gasteiger partial charge in [0, 0.05) is 39.3 Å². The van der Waals surface area contributed by atoms with Crippen molar-refractivity contribution < 1.29 is 23.0 Å². The second-order valence-corrected chi connectivity index (χ2v) is 10.4. The molecule has 12 nitrogen and oxygen atoms in total. The van der Waals surface area contributed by atoms with E-state index in [1.807, 2.05) is 14.7 Å². The molecule has 2 aliphatic heterocycles. The number of benzene rings is 1. The van der Waals surface area contributed by atoms with Gasteiger partial charge in [-0.15, -0.1) is 0 Å². The molecular formula is C23H27F2N9O3S2. The van der Waals surface area contributed by atoms with E-state index in [9.17, 15) is 13.6 Å². The highest BCUT2D eigenvalue weighted by Gasteiger charge is 2.28. The van der Waals surface area contributed by atoms with Crippen molar-refractivity contribution in [1.29, 1.82) is 0 Å². The SMILES string of the molecule is COc1cccc2c1nc(C(F)F)n2-c1nc(N2CCOCC2)nc(N2CCN(C(=S)SCC(N)=O)CC2)n1. The van der Waals surface area contributed by atoms with Crippen LogP contribution < -0.4 is 20.3 Å². The standard InChI is InChI=1S/C23H27F2N9O3S2/c1-36-15-4-2-3-14-17(15)27-19(18(24)25)34(14)22-29-20(28-21(30-22)32-9-11-37-12-10-32)31-5-7-33(8-6-31)23(38)39-13-16(26)35/h2-4,18H,5-13H2,1H3,(H2,26,35). The van der Waals surface area contributed by atoms with E-state index in [-0.39, 0.29) is 11.7 Å². The van der Waals surface area contributed by atoms with Gasteiger partial charge in [0.05, 0.1) is 31.6 Å². The van der Waals surface area contributed by atoms with Gasteiger partial charge in [-0.3, -0.25) is 9.36 Å². The summed E-state index contributed by atoms with van der Waals surface area (Å²) in [4.78, 5) is 35.2. The van der Waals surface area contributed by atoms with Crippen molar-refractivity contribution in [3.63, 3.8) is 0 Å². The first-order chi connectivity index (χ1) is 18.9. The second kappa shape index (κ2) is 11.8. The summed E-state index contributed by atoms with van der Waals surface area (Å²) in [7, 11) is 1.46. The molecule has 0 spiro atoms. The van der Waals surface area contributed by atoms with E-state index in [0.29, 0.717) is 85.5 Å². The number of amides is 1. The normalized spacial score (nSPS) is 16.3. The number of halogens is 2. The van der Waals surface area contributed by atoms with Gasteiger partial charge in [-0.25, -0.2) is 13.8 Å². The number of carbonyl (C=O) groups excluding carboxylic acids is 1. The number of thioether (sulfide) groups is 1. The molecule has 0 bridgehead atoms. The fourth-order valence-corrected chi connectivity index (χ4v) is 5.41. The Bertz CT molecular complexity index is 1360. The lowest BCUT2D eigenvalue weighted by atomic mass is 10.3. The predicted molar refractivity (Wildman–Crippen MR) is 147 cm³/mol. The van der Waals surface area contributed by atoms with Crippen LogP contribution in [0.3, 0.4) is 0 Å². The maximum absolute atomic E-state index is 14.2. The van der Waals surface area contributed by atoms with Gasteiger partial charge in [0.25, 0.3) is 6.43 Å². The van der Waals surface area contributed by atoms with Gasteiger partial charge in [-0.1, -0.05) is 30.0 Å². The number of morpholine rings is 1. The Morgan fingerprint density at radius 2 is 1.69 bits per heavy atom. The summed E-state index contributed by atoms with van der Waals surface area (Å²) in [6, 6.07) is 5.05. The van der Waals surface area contributed by atoms with Crippen LogP contribution in [0.1, 0.15) is 12.2 Å². The number of anilines is 2. The Balaban J connectivity index is 1.52. The van der Waals surface area contributed by atoms with Crippen LogP contribution in [0.2, 0.25) is 0 Å². The molecule has 5 rings (SSSR count). The van der Waals surface area contributed by atoms with Gasteiger partial charge < -0.3 is 29.9 Å². The Labute approximate surface area is 232 Å². The van der Waals surface area contributed by atoms with Gasteiger partial charge in [0.1, 0.15) is 15.6 Å². The number of nitrogens with zero attached hydrogens (tertiary/aromatic N) is 8. The van der Waals surface area contributed by atoms with Crippen molar-refractivity contribution in [2.75, 3.05) is 75.1 Å². The zero-order valence-electron chi connectivity index (χ0n) is 21.1. The number of fused-ring (bicyclic) bond motifs is 1. The van der Waals surface area contributed by atoms with Crippen LogP contribution in [0.25, 0.3) is 17.0 Å². The number of hydrogen-bond donors (Lipinski definition) is 1. The van der Waals surface area contributed by atoms with Crippen LogP contribution in [-0.2, 0) is 9.53 Å². The number of primary amides is 1. The number of piperazine rings is 1. The minimum Gasteiger partial charge on any atom is -0.494 e. The fraction of sp³-hybridized carbons (Fsp3) is 0.478. The molecule has 39 heavy (non-hydrogen) atoms. The molecule has 0 atom stereocenters. The molecule has 2 N–H and O–H groups in total. The number of alkyl halides is 2. The number of ether oxygens (including phenoxy) is 2. The lowest BCUT2D eigenvalue weighted by Crippen LogP contribution is -2.48. The molecule has 0 saturated carbocycles. The number of nitrogens with two attached hydrogens (primary N) is 1. The van der Waals surface area contributed by atoms with Crippen molar-refractivity contribution >= 4 is 57.1 Å². The Morgan fingerprint density at radius 1 is 1.05 bits per heavy atom. The van der Waals surface area contributed by atoms with E-state index in [0.717, 1.165) is 0 Å². The predicted octanol–water partition coefficient (Wildman–Crippen LogP) is 1.62. The maximum atomic E-state index is 14.2. The Kier molecular flexibility index (Phi) is 8.23. The first-order valence-corrected chi connectivity index (χ1v) is 13.6. The molecule has 1 aromatic carbocycles. The van der Waals surface area contributed by atoms with E-state index in [4.69, 9.17) is 32.4 Å². The number of imidazole rings is 1. The largest absolute Gasteiger partial charge is 0.494 e. The van der Waals surface area contributed by atoms with Gasteiger partial charge >= 0.3 is 0 Å². The monoisotopic (exact) mass is 579 g/mol. The molecule has 4 heterocycles. The number of carbonyl (C=O) groups is 1. The van der Waals surface area contributed by atoms with E-state index >= 15 is 0 Å². The molecule has 2 aromatic heterocycles. The molecule has 208 valence electrons. The van der Waals surface area contributed by atoms with Crippen molar-refractivity contribution in [3.8, 4) is 11.7 Å². The number of hydrogen-bond acceptors (Lipinski definition) is 11. The highest BCUT2D eigenvalue weighted by Crippen LogP contribution is 2.32. The fourth-order valence-electron chi connectivity index (χ4n) is 4.42. The zero-order valence-corrected chi connectivity index (χ0v) is 22.8. The van der Waals surface area contributed by atoms with Gasteiger partial charge in [0.15, 0.2) is 5.82 Å². The number of rotatable bonds is 7. The lowest BCUT2D eigenvalue weighted by Gasteiger charge is -2.36. The molecule has 3 aromatic rings. The van der Waals surface area contributed by atoms with Crippen LogP contribution in [0.5, 0.6) is 5.75 Å². The lowest BCUT2D eigenvalue weighted by molar-refractivity contribution is -0.115. The molecule has 1 amide bonds. The van der Waals surface area contributed by atoms with Crippen molar-refractivity contribution in [2.24, 2.45) is 5.73 Å². The third kappa shape index (κ3) is 5.81. The number of thiocarbonyl (C=S) groups is 1. The zero-order chi connectivity index (χ0) is 27.5. The maximum Gasteiger partial charge on any atom is 0.296 e. The summed E-state index contributed by atoms with van der Waals surface area (Å²) < 4.78 is 41.2. The summed E-state index contributed by atoms with van der Waals surface area (Å²) >= 11 is 6.68. The summed E-state index contributed by atoms with van der Waals surface area (Å²) in [6.07, 6.45) is -2.88. The minimum atomic E-state index is -2.88.